The van der Waals surface area contributed by atoms with Gasteiger partial charge in [0.2, 0.25) is 0 Å². The largest absolute Gasteiger partial charge is 0.207 e. The minimum Gasteiger partial charge on any atom is -0.207 e. The first-order valence-corrected chi connectivity index (χ1v) is 7.34. The van der Waals surface area contributed by atoms with Crippen molar-refractivity contribution in [1.29, 1.82) is 0 Å². The van der Waals surface area contributed by atoms with Crippen molar-refractivity contribution in [2.45, 2.75) is 5.38 Å². The van der Waals surface area contributed by atoms with E-state index in [-0.39, 0.29) is 5.56 Å². The van der Waals surface area contributed by atoms with E-state index in [2.05, 4.69) is 38.5 Å². The van der Waals surface area contributed by atoms with Crippen molar-refractivity contribution < 1.29 is 8.78 Å². The number of halogens is 5. The molecule has 0 N–H and O–H groups in total. The molecule has 0 fully saturated rings. The zero-order valence-corrected chi connectivity index (χ0v) is 13.4. The van der Waals surface area contributed by atoms with Crippen molar-refractivity contribution in [1.82, 2.24) is 0 Å². The average Bonchev–Trinajstić information content (AvgIpc) is 2.31. The first-order chi connectivity index (χ1) is 8.49. The summed E-state index contributed by atoms with van der Waals surface area (Å²) in [6.45, 7) is 0. The smallest absolute Gasteiger partial charge is 0.131 e. The molecule has 0 radical (unpaired) electrons. The molecular weight excluding hydrogens is 436 g/mol. The van der Waals surface area contributed by atoms with Crippen LogP contribution in [0.15, 0.2) is 40.9 Å². The molecule has 18 heavy (non-hydrogen) atoms. The molecule has 1 unspecified atom stereocenters. The zero-order valence-electron chi connectivity index (χ0n) is 8.93. The Bertz CT molecular complexity index is 589. The lowest BCUT2D eigenvalue weighted by Gasteiger charge is -2.13. The second-order valence-corrected chi connectivity index (χ2v) is 6.23. The molecule has 2 aromatic carbocycles. The van der Waals surface area contributed by atoms with Gasteiger partial charge in [0.05, 0.1) is 5.38 Å². The summed E-state index contributed by atoms with van der Waals surface area (Å²) in [5.74, 6) is -1.25. The number of alkyl halides is 1. The maximum atomic E-state index is 13.7. The number of hydrogen-bond donors (Lipinski definition) is 0. The highest BCUT2D eigenvalue weighted by molar-refractivity contribution is 14.1. The van der Waals surface area contributed by atoms with Gasteiger partial charge < -0.3 is 0 Å². The quantitative estimate of drug-likeness (QED) is 0.415. The Morgan fingerprint density at radius 2 is 1.78 bits per heavy atom. The van der Waals surface area contributed by atoms with Gasteiger partial charge in [-0.2, -0.15) is 0 Å². The van der Waals surface area contributed by atoms with Crippen LogP contribution in [0.1, 0.15) is 16.5 Å². The maximum Gasteiger partial charge on any atom is 0.131 e. The van der Waals surface area contributed by atoms with Crippen LogP contribution in [0.2, 0.25) is 0 Å². The van der Waals surface area contributed by atoms with Crippen LogP contribution < -0.4 is 0 Å². The van der Waals surface area contributed by atoms with Crippen LogP contribution in [-0.4, -0.2) is 0 Å². The number of hydrogen-bond acceptors (Lipinski definition) is 0. The first kappa shape index (κ1) is 14.2. The van der Waals surface area contributed by atoms with E-state index in [0.29, 0.717) is 0 Å². The summed E-state index contributed by atoms with van der Waals surface area (Å²) in [5.41, 5.74) is 1.02. The fourth-order valence-corrected chi connectivity index (χ4v) is 3.06. The van der Waals surface area contributed by atoms with Gasteiger partial charge >= 0.3 is 0 Å². The summed E-state index contributed by atoms with van der Waals surface area (Å²) in [6.07, 6.45) is 0. The summed E-state index contributed by atoms with van der Waals surface area (Å²) in [4.78, 5) is 0. The fraction of sp³-hybridized carbons (Fsp3) is 0.0769. The SMILES string of the molecule is Fc1ccc(C(Cl)c2cc(I)ccc2Br)c(F)c1. The van der Waals surface area contributed by atoms with Gasteiger partial charge in [-0.05, 0) is 52.4 Å². The number of rotatable bonds is 2. The average molecular weight is 443 g/mol. The highest BCUT2D eigenvalue weighted by atomic mass is 127. The minimum absolute atomic E-state index is 0.265. The normalized spacial score (nSPS) is 12.5. The van der Waals surface area contributed by atoms with Gasteiger partial charge in [0.25, 0.3) is 0 Å². The lowest BCUT2D eigenvalue weighted by atomic mass is 10.0. The molecule has 0 aliphatic rings. The standard InChI is InChI=1S/C13H7BrClF2I/c14-11-4-2-8(18)6-10(11)13(15)9-3-1-7(16)5-12(9)17/h1-6,13H. The predicted molar refractivity (Wildman–Crippen MR) is 80.9 cm³/mol. The van der Waals surface area contributed by atoms with Gasteiger partial charge in [-0.1, -0.05) is 22.0 Å². The Labute approximate surface area is 131 Å². The summed E-state index contributed by atoms with van der Waals surface area (Å²) >= 11 is 11.8. The third-order valence-corrected chi connectivity index (χ3v) is 4.33. The topological polar surface area (TPSA) is 0 Å². The molecule has 0 aromatic heterocycles. The van der Waals surface area contributed by atoms with Crippen LogP contribution in [0.3, 0.4) is 0 Å². The summed E-state index contributed by atoms with van der Waals surface area (Å²) in [5, 5.41) is -0.658. The van der Waals surface area contributed by atoms with E-state index in [1.165, 1.54) is 12.1 Å². The van der Waals surface area contributed by atoms with Gasteiger partial charge in [0.15, 0.2) is 0 Å². The van der Waals surface area contributed by atoms with Crippen LogP contribution in [0, 0.1) is 15.2 Å². The predicted octanol–water partition coefficient (Wildman–Crippen LogP) is 5.66. The highest BCUT2D eigenvalue weighted by Crippen LogP contribution is 2.35. The molecule has 5 heteroatoms. The summed E-state index contributed by atoms with van der Waals surface area (Å²) < 4.78 is 28.3. The van der Waals surface area contributed by atoms with Crippen LogP contribution in [0.4, 0.5) is 8.78 Å². The van der Waals surface area contributed by atoms with E-state index >= 15 is 0 Å². The monoisotopic (exact) mass is 442 g/mol. The highest BCUT2D eigenvalue weighted by Gasteiger charge is 2.18. The van der Waals surface area contributed by atoms with Gasteiger partial charge in [0.1, 0.15) is 11.6 Å². The zero-order chi connectivity index (χ0) is 13.3. The molecule has 0 aliphatic carbocycles. The lowest BCUT2D eigenvalue weighted by Crippen LogP contribution is -1.99. The molecule has 0 saturated heterocycles. The first-order valence-electron chi connectivity index (χ1n) is 5.03. The van der Waals surface area contributed by atoms with Crippen molar-refractivity contribution in [2.75, 3.05) is 0 Å². The lowest BCUT2D eigenvalue weighted by molar-refractivity contribution is 0.573. The molecule has 0 nitrogen and oxygen atoms in total. The van der Waals surface area contributed by atoms with Crippen molar-refractivity contribution in [3.8, 4) is 0 Å². The molecular formula is C13H7BrClF2I. The third-order valence-electron chi connectivity index (χ3n) is 2.47. The van der Waals surface area contributed by atoms with E-state index < -0.39 is 17.0 Å². The van der Waals surface area contributed by atoms with Gasteiger partial charge in [-0.25, -0.2) is 8.78 Å². The molecule has 2 aromatic rings. The summed E-state index contributed by atoms with van der Waals surface area (Å²) in [6, 6.07) is 9.05. The molecule has 0 heterocycles. The van der Waals surface area contributed by atoms with Crippen molar-refractivity contribution in [3.05, 3.63) is 67.2 Å². The van der Waals surface area contributed by atoms with Gasteiger partial charge in [-0.3, -0.25) is 0 Å². The Morgan fingerprint density at radius 3 is 2.44 bits per heavy atom. The van der Waals surface area contributed by atoms with Crippen LogP contribution in [-0.2, 0) is 0 Å². The van der Waals surface area contributed by atoms with E-state index in [4.69, 9.17) is 11.6 Å². The molecule has 1 atom stereocenters. The Balaban J connectivity index is 2.47. The van der Waals surface area contributed by atoms with Crippen LogP contribution >= 0.6 is 50.1 Å². The molecule has 0 bridgehead atoms. The fourth-order valence-electron chi connectivity index (χ4n) is 1.58. The van der Waals surface area contributed by atoms with E-state index in [9.17, 15) is 8.78 Å². The van der Waals surface area contributed by atoms with Crippen LogP contribution in [0.5, 0.6) is 0 Å². The molecule has 0 saturated carbocycles. The second-order valence-electron chi connectivity index (χ2n) is 3.69. The summed E-state index contributed by atoms with van der Waals surface area (Å²) in [7, 11) is 0. The minimum atomic E-state index is -0.658. The van der Waals surface area contributed by atoms with E-state index in [1.807, 2.05) is 18.2 Å². The van der Waals surface area contributed by atoms with Crippen molar-refractivity contribution in [3.63, 3.8) is 0 Å². The Morgan fingerprint density at radius 1 is 1.06 bits per heavy atom. The van der Waals surface area contributed by atoms with Gasteiger partial charge in [0, 0.05) is 19.7 Å². The van der Waals surface area contributed by atoms with E-state index in [1.54, 1.807) is 0 Å². The molecule has 0 aliphatic heterocycles. The molecule has 0 amide bonds. The Hall–Kier alpha value is -0.200. The third kappa shape index (κ3) is 3.03. The van der Waals surface area contributed by atoms with E-state index in [0.717, 1.165) is 19.7 Å². The molecule has 94 valence electrons. The molecule has 2 rings (SSSR count). The van der Waals surface area contributed by atoms with Gasteiger partial charge in [-0.15, -0.1) is 11.6 Å². The second kappa shape index (κ2) is 5.84. The maximum absolute atomic E-state index is 13.7. The van der Waals surface area contributed by atoms with Crippen LogP contribution in [0.25, 0.3) is 0 Å². The van der Waals surface area contributed by atoms with Crippen molar-refractivity contribution in [2.24, 2.45) is 0 Å². The number of benzene rings is 2. The van der Waals surface area contributed by atoms with Crippen molar-refractivity contribution >= 4 is 50.1 Å². The Kier molecular flexibility index (Phi) is 4.61. The molecule has 0 spiro atoms.